The largest absolute Gasteiger partial charge is 0.772 e. The summed E-state index contributed by atoms with van der Waals surface area (Å²) in [6, 6.07) is 7.63. The van der Waals surface area contributed by atoms with Crippen molar-refractivity contribution in [3.8, 4) is 0 Å². The number of carbonyl (C=O) groups excluding carboxylic acids is 3. The molecule has 2 aromatic rings. The Morgan fingerprint density at radius 3 is 2.41 bits per heavy atom. The van der Waals surface area contributed by atoms with Crippen molar-refractivity contribution < 1.29 is 32.9 Å². The number of aromatic nitrogens is 1. The number of carbonyl (C=O) groups is 3. The second kappa shape index (κ2) is 11.0. The Bertz CT molecular complexity index is 1040. The predicted octanol–water partition coefficient (Wildman–Crippen LogP) is 3.27. The first kappa shape index (κ1) is 25.9. The molecule has 1 N–H and O–H groups in total. The normalized spacial score (nSPS) is 12.3. The Kier molecular flexibility index (Phi) is 8.90. The summed E-state index contributed by atoms with van der Waals surface area (Å²) >= 11 is 0.940. The topological polar surface area (TPSA) is 127 Å². The molecule has 2 rings (SSSR count). The van der Waals surface area contributed by atoms with Gasteiger partial charge in [-0.25, -0.2) is 4.79 Å². The standard InChI is InChI=1S/C21H25BrN2O7S/c1-5-16-6-7-17(24(16)23-18(25)8-9-32(28)29)19(26)13-10-14(12-15(22)11-13)20(27)30-31-21(2,3)4/h6-7,10-12H,5,8-9H2,1-4H3,(H,23,25)(H,28,29)/p-1. The SMILES string of the molecule is CCc1ccc(C(=O)c2cc(Br)cc(C(=O)OOC(C)(C)C)c2)n1NC(=O)CCS(=O)[O-]. The van der Waals surface area contributed by atoms with E-state index in [0.29, 0.717) is 16.6 Å². The smallest absolute Gasteiger partial charge is 0.373 e. The summed E-state index contributed by atoms with van der Waals surface area (Å²) in [5, 5.41) is 0. The Hall–Kier alpha value is -2.34. The highest BCUT2D eigenvalue weighted by Gasteiger charge is 2.22. The fourth-order valence-corrected chi connectivity index (χ4v) is 3.46. The van der Waals surface area contributed by atoms with Crippen LogP contribution in [-0.2, 0) is 32.1 Å². The second-order valence-corrected chi connectivity index (χ2v) is 9.75. The summed E-state index contributed by atoms with van der Waals surface area (Å²) in [5.74, 6) is -2.10. The van der Waals surface area contributed by atoms with E-state index < -0.39 is 34.3 Å². The van der Waals surface area contributed by atoms with Gasteiger partial charge < -0.3 is 4.55 Å². The summed E-state index contributed by atoms with van der Waals surface area (Å²) < 4.78 is 23.2. The molecule has 1 aromatic heterocycles. The summed E-state index contributed by atoms with van der Waals surface area (Å²) in [4.78, 5) is 47.6. The Morgan fingerprint density at radius 2 is 1.81 bits per heavy atom. The molecule has 0 saturated carbocycles. The number of amides is 1. The summed E-state index contributed by atoms with van der Waals surface area (Å²) in [6.07, 6.45) is 0.271. The third-order valence-corrected chi connectivity index (χ3v) is 5.05. The van der Waals surface area contributed by atoms with Crippen LogP contribution in [0.25, 0.3) is 0 Å². The van der Waals surface area contributed by atoms with E-state index in [1.54, 1.807) is 32.9 Å². The highest BCUT2D eigenvalue weighted by molar-refractivity contribution is 9.10. The predicted molar refractivity (Wildman–Crippen MR) is 120 cm³/mol. The average Bonchev–Trinajstić information content (AvgIpc) is 3.11. The van der Waals surface area contributed by atoms with Crippen LogP contribution in [0.2, 0.25) is 0 Å². The van der Waals surface area contributed by atoms with Crippen molar-refractivity contribution in [3.63, 3.8) is 0 Å². The fourth-order valence-electron chi connectivity index (χ4n) is 2.62. The molecule has 0 aliphatic carbocycles. The van der Waals surface area contributed by atoms with Crippen LogP contribution in [0, 0.1) is 0 Å². The van der Waals surface area contributed by atoms with Gasteiger partial charge in [-0.3, -0.25) is 28.8 Å². The van der Waals surface area contributed by atoms with Gasteiger partial charge in [-0.2, -0.15) is 4.89 Å². The average molecular weight is 528 g/mol. The van der Waals surface area contributed by atoms with Crippen molar-refractivity contribution in [1.82, 2.24) is 4.68 Å². The molecular formula is C21H24BrN2O7S-. The summed E-state index contributed by atoms with van der Waals surface area (Å²) in [7, 11) is 0. The number of nitrogens with one attached hydrogen (secondary N) is 1. The Morgan fingerprint density at radius 1 is 1.16 bits per heavy atom. The molecule has 1 unspecified atom stereocenters. The van der Waals surface area contributed by atoms with Gasteiger partial charge in [-0.15, -0.1) is 0 Å². The molecule has 0 saturated heterocycles. The molecule has 174 valence electrons. The van der Waals surface area contributed by atoms with Crippen molar-refractivity contribution >= 4 is 44.7 Å². The maximum Gasteiger partial charge on any atom is 0.373 e. The number of halogens is 1. The van der Waals surface area contributed by atoms with Crippen molar-refractivity contribution in [1.29, 1.82) is 0 Å². The Labute approximate surface area is 196 Å². The van der Waals surface area contributed by atoms with Crippen LogP contribution in [0.4, 0.5) is 0 Å². The van der Waals surface area contributed by atoms with Crippen LogP contribution in [-0.4, -0.2) is 42.5 Å². The molecule has 11 heteroatoms. The zero-order valence-corrected chi connectivity index (χ0v) is 20.5. The number of aryl methyl sites for hydroxylation is 1. The minimum absolute atomic E-state index is 0.0998. The highest BCUT2D eigenvalue weighted by atomic mass is 79.9. The second-order valence-electron chi connectivity index (χ2n) is 7.82. The lowest BCUT2D eigenvalue weighted by Crippen LogP contribution is -2.28. The lowest BCUT2D eigenvalue weighted by Gasteiger charge is -2.17. The molecule has 0 spiro atoms. The van der Waals surface area contributed by atoms with Crippen molar-refractivity contribution in [2.45, 2.75) is 46.1 Å². The van der Waals surface area contributed by atoms with Gasteiger partial charge in [0, 0.05) is 27.9 Å². The molecule has 9 nitrogen and oxygen atoms in total. The maximum atomic E-state index is 13.2. The van der Waals surface area contributed by atoms with Gasteiger partial charge >= 0.3 is 5.97 Å². The van der Waals surface area contributed by atoms with Gasteiger partial charge in [0.1, 0.15) is 11.3 Å². The molecule has 1 amide bonds. The van der Waals surface area contributed by atoms with Crippen LogP contribution in [0.15, 0.2) is 34.8 Å². The van der Waals surface area contributed by atoms with Gasteiger partial charge in [-0.05, 0) is 57.5 Å². The molecular weight excluding hydrogens is 504 g/mol. The van der Waals surface area contributed by atoms with E-state index in [-0.39, 0.29) is 29.0 Å². The third kappa shape index (κ3) is 7.37. The molecule has 0 bridgehead atoms. The zero-order chi connectivity index (χ0) is 24.1. The van der Waals surface area contributed by atoms with E-state index in [4.69, 9.17) is 9.78 Å². The van der Waals surface area contributed by atoms with Crippen LogP contribution < -0.4 is 5.43 Å². The zero-order valence-electron chi connectivity index (χ0n) is 18.1. The monoisotopic (exact) mass is 527 g/mol. The molecule has 0 radical (unpaired) electrons. The number of hydrogen-bond donors (Lipinski definition) is 1. The first-order valence-corrected chi connectivity index (χ1v) is 11.8. The van der Waals surface area contributed by atoms with Crippen molar-refractivity contribution in [2.24, 2.45) is 0 Å². The quantitative estimate of drug-likeness (QED) is 0.229. The van der Waals surface area contributed by atoms with E-state index in [1.807, 2.05) is 6.92 Å². The number of benzene rings is 1. The van der Waals surface area contributed by atoms with Crippen LogP contribution in [0.3, 0.4) is 0 Å². The van der Waals surface area contributed by atoms with E-state index in [9.17, 15) is 23.1 Å². The van der Waals surface area contributed by atoms with E-state index in [2.05, 4.69) is 21.4 Å². The molecule has 32 heavy (non-hydrogen) atoms. The van der Waals surface area contributed by atoms with Gasteiger partial charge in [0.25, 0.3) is 0 Å². The summed E-state index contributed by atoms with van der Waals surface area (Å²) in [5.41, 5.74) is 2.95. The molecule has 1 atom stereocenters. The Balaban J connectivity index is 2.32. The van der Waals surface area contributed by atoms with Gasteiger partial charge in [0.2, 0.25) is 11.7 Å². The molecule has 0 aliphatic heterocycles. The van der Waals surface area contributed by atoms with Crippen molar-refractivity contribution in [3.05, 3.63) is 57.3 Å². The number of ketones is 1. The fraction of sp³-hybridized carbons (Fsp3) is 0.381. The minimum atomic E-state index is -2.35. The summed E-state index contributed by atoms with van der Waals surface area (Å²) in [6.45, 7) is 7.01. The first-order chi connectivity index (χ1) is 14.9. The number of rotatable bonds is 9. The van der Waals surface area contributed by atoms with Crippen LogP contribution in [0.5, 0.6) is 0 Å². The maximum absolute atomic E-state index is 13.2. The molecule has 0 fully saturated rings. The van der Waals surface area contributed by atoms with Gasteiger partial charge in [0.15, 0.2) is 0 Å². The third-order valence-electron chi connectivity index (χ3n) is 4.05. The minimum Gasteiger partial charge on any atom is -0.772 e. The van der Waals surface area contributed by atoms with Crippen LogP contribution >= 0.6 is 15.9 Å². The molecule has 0 aliphatic rings. The molecule has 1 aromatic carbocycles. The van der Waals surface area contributed by atoms with Gasteiger partial charge in [0.05, 0.1) is 5.56 Å². The lowest BCUT2D eigenvalue weighted by atomic mass is 10.1. The van der Waals surface area contributed by atoms with Gasteiger partial charge in [-0.1, -0.05) is 33.9 Å². The van der Waals surface area contributed by atoms with E-state index in [0.717, 1.165) is 0 Å². The van der Waals surface area contributed by atoms with E-state index >= 15 is 0 Å². The van der Waals surface area contributed by atoms with Crippen LogP contribution in [0.1, 0.15) is 66.2 Å². The highest BCUT2D eigenvalue weighted by Crippen LogP contribution is 2.21. The number of hydrogen-bond acceptors (Lipinski definition) is 7. The first-order valence-electron chi connectivity index (χ1n) is 9.73. The molecule has 1 heterocycles. The van der Waals surface area contributed by atoms with Crippen molar-refractivity contribution in [2.75, 3.05) is 11.2 Å². The number of nitrogens with zero attached hydrogens (tertiary/aromatic N) is 1. The van der Waals surface area contributed by atoms with E-state index in [1.165, 1.54) is 22.9 Å². The lowest BCUT2D eigenvalue weighted by molar-refractivity contribution is -0.301.